The third-order valence-corrected chi connectivity index (χ3v) is 11.5. The van der Waals surface area contributed by atoms with Crippen molar-refractivity contribution in [3.8, 4) is 45.4 Å². The predicted molar refractivity (Wildman–Crippen MR) is 289 cm³/mol. The zero-order valence-corrected chi connectivity index (χ0v) is 42.5. The predicted octanol–water partition coefficient (Wildman–Crippen LogP) is 10.1. The molecule has 1 unspecified atom stereocenters. The molecule has 14 heteroatoms. The second-order valence-corrected chi connectivity index (χ2v) is 16.6. The third-order valence-electron chi connectivity index (χ3n) is 11.5. The maximum Gasteiger partial charge on any atom is 0.157 e. The molecule has 0 aliphatic rings. The van der Waals surface area contributed by atoms with E-state index >= 15 is 0 Å². The first kappa shape index (κ1) is 54.9. The third kappa shape index (κ3) is 16.6. The van der Waals surface area contributed by atoms with Gasteiger partial charge >= 0.3 is 0 Å². The summed E-state index contributed by atoms with van der Waals surface area (Å²) in [6.45, 7) is 6.90. The van der Waals surface area contributed by atoms with Gasteiger partial charge in [0, 0.05) is 42.0 Å². The van der Waals surface area contributed by atoms with Crippen LogP contribution in [0.4, 0.5) is 0 Å². The number of rotatable bonds is 35. The minimum atomic E-state index is -0.872. The number of benzene rings is 6. The molecule has 0 spiro atoms. The summed E-state index contributed by atoms with van der Waals surface area (Å²) in [4.78, 5) is 11.4. The Morgan fingerprint density at radius 1 is 0.446 bits per heavy atom. The summed E-state index contributed by atoms with van der Waals surface area (Å²) in [6.07, 6.45) is -0.872. The van der Waals surface area contributed by atoms with E-state index in [0.29, 0.717) is 116 Å². The summed E-state index contributed by atoms with van der Waals surface area (Å²) in [6, 6.07) is 55.8. The Bertz CT molecular complexity index is 2710. The lowest BCUT2D eigenvalue weighted by Gasteiger charge is -2.25. The average molecular weight is 1010 g/mol. The summed E-state index contributed by atoms with van der Waals surface area (Å²) in [5, 5.41) is 9.87. The molecule has 14 nitrogen and oxygen atoms in total. The fraction of sp³-hybridized carbons (Fsp3) is 0.317. The normalized spacial score (nSPS) is 11.9. The molecule has 1 heterocycles. The molecule has 1 atom stereocenters. The van der Waals surface area contributed by atoms with Crippen LogP contribution in [0.1, 0.15) is 22.9 Å². The minimum absolute atomic E-state index is 0.255. The largest absolute Gasteiger partial charge is 0.491 e. The molecule has 0 fully saturated rings. The standard InChI is InChI=1S/C60H68N4O10/c1-65-31-33-67-35-37-69-39-41-71-43-45-73-53-29-17-15-27-51(53)59(62-56(48-21-9-4-10-22-48)55(61)47-19-7-3-8-20-47)64-58(50-25-13-6-14-26-50)57(49-23-11-5-12-24-49)63-60(64)52-28-16-18-30-54(52)74-46-44-72-42-40-70-38-36-68-34-32-66-2/h3-30,59,61H,31-46H2,1-2H3/b61-55?,62-56-. The van der Waals surface area contributed by atoms with Crippen LogP contribution in [0.15, 0.2) is 175 Å². The van der Waals surface area contributed by atoms with Gasteiger partial charge in [-0.25, -0.2) is 4.98 Å². The molecule has 0 bridgehead atoms. The number of aliphatic imine (C=N–C) groups is 1. The molecule has 0 amide bonds. The Hall–Kier alpha value is -6.85. The van der Waals surface area contributed by atoms with Crippen molar-refractivity contribution in [2.24, 2.45) is 4.99 Å². The van der Waals surface area contributed by atoms with Crippen molar-refractivity contribution < 1.29 is 47.4 Å². The SMILES string of the molecule is COCCOCCOCCOCCOc1ccccc1-c1nc(-c2ccccc2)c(-c2ccccc2)n1C(/N=C(\C(=N)c1ccccc1)c1ccccc1)c1ccccc1OCCOCCOCCOCCOC. The van der Waals surface area contributed by atoms with Crippen molar-refractivity contribution in [3.63, 3.8) is 0 Å². The number of nitrogens with one attached hydrogen (secondary N) is 1. The maximum atomic E-state index is 9.87. The molecule has 7 aromatic rings. The van der Waals surface area contributed by atoms with Crippen molar-refractivity contribution in [1.29, 1.82) is 5.41 Å². The molecule has 388 valence electrons. The fourth-order valence-electron chi connectivity index (χ4n) is 7.93. The van der Waals surface area contributed by atoms with E-state index < -0.39 is 6.17 Å². The Morgan fingerprint density at radius 2 is 0.851 bits per heavy atom. The first-order valence-electron chi connectivity index (χ1n) is 25.1. The highest BCUT2D eigenvalue weighted by molar-refractivity contribution is 6.52. The van der Waals surface area contributed by atoms with Crippen LogP contribution in [0.2, 0.25) is 0 Å². The van der Waals surface area contributed by atoms with Crippen molar-refractivity contribution in [2.45, 2.75) is 6.17 Å². The van der Waals surface area contributed by atoms with Gasteiger partial charge in [0.1, 0.15) is 30.5 Å². The van der Waals surface area contributed by atoms with E-state index in [1.54, 1.807) is 14.2 Å². The van der Waals surface area contributed by atoms with Crippen LogP contribution in [0.3, 0.4) is 0 Å². The van der Waals surface area contributed by atoms with E-state index in [4.69, 9.17) is 57.3 Å². The van der Waals surface area contributed by atoms with Gasteiger partial charge < -0.3 is 47.4 Å². The van der Waals surface area contributed by atoms with Gasteiger partial charge in [-0.05, 0) is 18.2 Å². The molecule has 1 aromatic heterocycles. The Labute approximate surface area is 435 Å². The molecule has 6 aromatic carbocycles. The van der Waals surface area contributed by atoms with Crippen LogP contribution in [0.5, 0.6) is 11.5 Å². The Morgan fingerprint density at radius 3 is 1.38 bits per heavy atom. The second-order valence-electron chi connectivity index (χ2n) is 16.6. The molecular formula is C60H68N4O10. The number of ether oxygens (including phenoxy) is 10. The smallest absolute Gasteiger partial charge is 0.157 e. The van der Waals surface area contributed by atoms with Crippen LogP contribution in [-0.2, 0) is 37.9 Å². The molecule has 74 heavy (non-hydrogen) atoms. The van der Waals surface area contributed by atoms with E-state index in [-0.39, 0.29) is 18.9 Å². The molecule has 0 aliphatic carbocycles. The summed E-state index contributed by atoms with van der Waals surface area (Å²) in [5.74, 6) is 1.80. The number of imidazole rings is 1. The lowest BCUT2D eigenvalue weighted by atomic mass is 9.99. The topological polar surface area (TPSA) is 146 Å². The average Bonchev–Trinajstić information content (AvgIpc) is 3.86. The van der Waals surface area contributed by atoms with E-state index in [1.807, 2.05) is 146 Å². The number of hydrogen-bond donors (Lipinski definition) is 1. The molecule has 0 saturated heterocycles. The molecule has 0 radical (unpaired) electrons. The molecule has 0 saturated carbocycles. The first-order chi connectivity index (χ1) is 36.7. The zero-order chi connectivity index (χ0) is 51.3. The van der Waals surface area contributed by atoms with E-state index in [2.05, 4.69) is 28.8 Å². The van der Waals surface area contributed by atoms with Crippen LogP contribution < -0.4 is 9.47 Å². The first-order valence-corrected chi connectivity index (χ1v) is 25.1. The van der Waals surface area contributed by atoms with Crippen molar-refractivity contribution >= 4 is 11.4 Å². The lowest BCUT2D eigenvalue weighted by Crippen LogP contribution is -2.21. The number of methoxy groups -OCH3 is 2. The van der Waals surface area contributed by atoms with E-state index in [9.17, 15) is 5.41 Å². The molecule has 7 rings (SSSR count). The van der Waals surface area contributed by atoms with Crippen molar-refractivity contribution in [1.82, 2.24) is 9.55 Å². The highest BCUT2D eigenvalue weighted by Crippen LogP contribution is 2.44. The highest BCUT2D eigenvalue weighted by Gasteiger charge is 2.31. The summed E-state index contributed by atoms with van der Waals surface area (Å²) < 4.78 is 59.8. The van der Waals surface area contributed by atoms with Crippen LogP contribution in [0, 0.1) is 5.41 Å². The zero-order valence-electron chi connectivity index (χ0n) is 42.5. The molecular weight excluding hydrogens is 937 g/mol. The Balaban J connectivity index is 1.30. The monoisotopic (exact) mass is 1000 g/mol. The van der Waals surface area contributed by atoms with Gasteiger partial charge in [0.05, 0.1) is 121 Å². The van der Waals surface area contributed by atoms with Gasteiger partial charge in [-0.1, -0.05) is 152 Å². The molecule has 1 N–H and O–H groups in total. The van der Waals surface area contributed by atoms with Gasteiger partial charge in [0.25, 0.3) is 0 Å². The fourth-order valence-corrected chi connectivity index (χ4v) is 7.93. The Kier molecular flexibility index (Phi) is 23.5. The maximum absolute atomic E-state index is 9.87. The van der Waals surface area contributed by atoms with Gasteiger partial charge in [0.15, 0.2) is 6.17 Å². The number of nitrogens with zero attached hydrogens (tertiary/aromatic N) is 3. The lowest BCUT2D eigenvalue weighted by molar-refractivity contribution is 0.000117. The van der Waals surface area contributed by atoms with Gasteiger partial charge in [-0.2, -0.15) is 0 Å². The van der Waals surface area contributed by atoms with Crippen LogP contribution in [-0.4, -0.2) is 141 Å². The second kappa shape index (κ2) is 31.7. The molecule has 0 aliphatic heterocycles. The van der Waals surface area contributed by atoms with Gasteiger partial charge in [-0.3, -0.25) is 15.0 Å². The summed E-state index contributed by atoms with van der Waals surface area (Å²) >= 11 is 0. The van der Waals surface area contributed by atoms with E-state index in [0.717, 1.165) is 44.8 Å². The van der Waals surface area contributed by atoms with Crippen LogP contribution in [0.25, 0.3) is 33.9 Å². The van der Waals surface area contributed by atoms with E-state index in [1.165, 1.54) is 0 Å². The van der Waals surface area contributed by atoms with Gasteiger partial charge in [-0.15, -0.1) is 0 Å². The minimum Gasteiger partial charge on any atom is -0.491 e. The number of para-hydroxylation sites is 2. The quantitative estimate of drug-likeness (QED) is 0.0299. The van der Waals surface area contributed by atoms with Gasteiger partial charge in [0.2, 0.25) is 0 Å². The number of hydrogen-bond acceptors (Lipinski definition) is 13. The van der Waals surface area contributed by atoms with Crippen molar-refractivity contribution in [3.05, 3.63) is 187 Å². The van der Waals surface area contributed by atoms with Crippen LogP contribution >= 0.6 is 0 Å². The highest BCUT2D eigenvalue weighted by atomic mass is 16.6. The number of aromatic nitrogens is 2. The summed E-state index contributed by atoms with van der Waals surface area (Å²) in [5.41, 5.74) is 7.08. The summed E-state index contributed by atoms with van der Waals surface area (Å²) in [7, 11) is 3.29. The van der Waals surface area contributed by atoms with Crippen molar-refractivity contribution in [2.75, 3.05) is 120 Å².